The van der Waals surface area contributed by atoms with E-state index in [0.29, 0.717) is 0 Å². The Morgan fingerprint density at radius 1 is 1.24 bits per heavy atom. The number of nitrogens with zero attached hydrogens (tertiary/aromatic N) is 2. The van der Waals surface area contributed by atoms with Gasteiger partial charge in [-0.15, -0.1) is 0 Å². The first-order valence-corrected chi connectivity index (χ1v) is 6.39. The molecule has 0 aliphatic carbocycles. The summed E-state index contributed by atoms with van der Waals surface area (Å²) in [5.41, 5.74) is 1.98. The third-order valence-electron chi connectivity index (χ3n) is 3.48. The second-order valence-electron chi connectivity index (χ2n) is 5.41. The van der Waals surface area contributed by atoms with Crippen molar-refractivity contribution in [2.24, 2.45) is 11.8 Å². The lowest BCUT2D eigenvalue weighted by molar-refractivity contribution is 0.134. The van der Waals surface area contributed by atoms with Crippen LogP contribution in [0.15, 0.2) is 24.3 Å². The first kappa shape index (κ1) is 12.1. The van der Waals surface area contributed by atoms with Gasteiger partial charge in [0.05, 0.1) is 11.6 Å². The average Bonchev–Trinajstić information content (AvgIpc) is 2.28. The number of rotatable bonds is 2. The maximum Gasteiger partial charge on any atom is 0.0995 e. The minimum atomic E-state index is 0.771. The molecule has 2 heteroatoms. The van der Waals surface area contributed by atoms with Crippen LogP contribution in [0.4, 0.5) is 0 Å². The van der Waals surface area contributed by atoms with Crippen LogP contribution >= 0.6 is 0 Å². The summed E-state index contributed by atoms with van der Waals surface area (Å²) < 4.78 is 0. The first-order valence-electron chi connectivity index (χ1n) is 6.39. The lowest BCUT2D eigenvalue weighted by Gasteiger charge is -2.35. The third-order valence-corrected chi connectivity index (χ3v) is 3.48. The lowest BCUT2D eigenvalue weighted by Crippen LogP contribution is -2.38. The number of hydrogen-bond acceptors (Lipinski definition) is 2. The van der Waals surface area contributed by atoms with Crippen molar-refractivity contribution in [3.8, 4) is 6.07 Å². The van der Waals surface area contributed by atoms with E-state index in [-0.39, 0.29) is 0 Å². The number of hydrogen-bond donors (Lipinski definition) is 0. The summed E-state index contributed by atoms with van der Waals surface area (Å²) in [5.74, 6) is 1.54. The molecule has 2 rings (SSSR count). The number of nitriles is 1. The van der Waals surface area contributed by atoms with Gasteiger partial charge >= 0.3 is 0 Å². The van der Waals surface area contributed by atoms with Crippen molar-refractivity contribution < 1.29 is 0 Å². The van der Waals surface area contributed by atoms with Crippen molar-refractivity contribution >= 4 is 0 Å². The number of piperidine rings is 1. The highest BCUT2D eigenvalue weighted by molar-refractivity contribution is 5.37. The summed E-state index contributed by atoms with van der Waals surface area (Å²) in [7, 11) is 0. The fourth-order valence-corrected chi connectivity index (χ4v) is 2.93. The highest BCUT2D eigenvalue weighted by Gasteiger charge is 2.22. The van der Waals surface area contributed by atoms with Gasteiger partial charge in [-0.3, -0.25) is 4.90 Å². The Labute approximate surface area is 104 Å². The second kappa shape index (κ2) is 5.33. The minimum absolute atomic E-state index is 0.771. The Morgan fingerprint density at radius 2 is 1.88 bits per heavy atom. The zero-order chi connectivity index (χ0) is 12.3. The van der Waals surface area contributed by atoms with Crippen LogP contribution in [0.1, 0.15) is 31.4 Å². The van der Waals surface area contributed by atoms with Crippen molar-refractivity contribution in [3.63, 3.8) is 0 Å². The highest BCUT2D eigenvalue weighted by Crippen LogP contribution is 2.23. The topological polar surface area (TPSA) is 27.0 Å². The van der Waals surface area contributed by atoms with Crippen molar-refractivity contribution in [1.29, 1.82) is 5.26 Å². The van der Waals surface area contributed by atoms with Gasteiger partial charge in [0.1, 0.15) is 0 Å². The summed E-state index contributed by atoms with van der Waals surface area (Å²) in [4.78, 5) is 2.48. The standard InChI is InChI=1S/C15H20N2/c1-12-7-13(2)10-17(9-12)11-15-6-4-3-5-14(15)8-16/h3-6,12-13H,7,9-11H2,1-2H3. The van der Waals surface area contributed by atoms with Crippen molar-refractivity contribution in [2.45, 2.75) is 26.8 Å². The largest absolute Gasteiger partial charge is 0.299 e. The van der Waals surface area contributed by atoms with Crippen molar-refractivity contribution in [3.05, 3.63) is 35.4 Å². The van der Waals surface area contributed by atoms with E-state index in [1.54, 1.807) is 0 Å². The van der Waals surface area contributed by atoms with Crippen LogP contribution in [-0.2, 0) is 6.54 Å². The van der Waals surface area contributed by atoms with Crippen LogP contribution in [0.25, 0.3) is 0 Å². The van der Waals surface area contributed by atoms with Crippen LogP contribution in [0, 0.1) is 23.2 Å². The van der Waals surface area contributed by atoms with E-state index < -0.39 is 0 Å². The minimum Gasteiger partial charge on any atom is -0.299 e. The van der Waals surface area contributed by atoms with E-state index in [1.165, 1.54) is 6.42 Å². The van der Waals surface area contributed by atoms with E-state index in [1.807, 2.05) is 18.2 Å². The number of benzene rings is 1. The zero-order valence-electron chi connectivity index (χ0n) is 10.7. The Hall–Kier alpha value is -1.33. The van der Waals surface area contributed by atoms with Crippen LogP contribution in [0.5, 0.6) is 0 Å². The van der Waals surface area contributed by atoms with E-state index in [9.17, 15) is 0 Å². The average molecular weight is 228 g/mol. The molecule has 1 aliphatic heterocycles. The maximum absolute atomic E-state index is 9.08. The predicted molar refractivity (Wildman–Crippen MR) is 69.4 cm³/mol. The molecule has 1 aliphatic rings. The molecule has 90 valence electrons. The van der Waals surface area contributed by atoms with E-state index in [0.717, 1.165) is 42.6 Å². The van der Waals surface area contributed by atoms with Gasteiger partial charge < -0.3 is 0 Å². The summed E-state index contributed by atoms with van der Waals surface area (Å²) >= 11 is 0. The molecule has 1 fully saturated rings. The molecule has 0 radical (unpaired) electrons. The van der Waals surface area contributed by atoms with Crippen molar-refractivity contribution in [2.75, 3.05) is 13.1 Å². The maximum atomic E-state index is 9.08. The molecule has 2 nitrogen and oxygen atoms in total. The molecule has 17 heavy (non-hydrogen) atoms. The third kappa shape index (κ3) is 3.08. The molecule has 0 bridgehead atoms. The summed E-state index contributed by atoms with van der Waals surface area (Å²) in [6, 6.07) is 10.2. The molecule has 1 heterocycles. The molecular formula is C15H20N2. The summed E-state index contributed by atoms with van der Waals surface area (Å²) in [6.45, 7) is 7.87. The summed E-state index contributed by atoms with van der Waals surface area (Å²) in [5, 5.41) is 9.08. The van der Waals surface area contributed by atoms with E-state index in [2.05, 4.69) is 30.9 Å². The molecule has 0 aromatic heterocycles. The van der Waals surface area contributed by atoms with Crippen molar-refractivity contribution in [1.82, 2.24) is 4.90 Å². The van der Waals surface area contributed by atoms with Gasteiger partial charge in [-0.25, -0.2) is 0 Å². The van der Waals surface area contributed by atoms with E-state index >= 15 is 0 Å². The van der Waals surface area contributed by atoms with Gasteiger partial charge in [0.25, 0.3) is 0 Å². The molecule has 1 saturated heterocycles. The Balaban J connectivity index is 2.08. The predicted octanol–water partition coefficient (Wildman–Crippen LogP) is 3.04. The van der Waals surface area contributed by atoms with Crippen LogP contribution in [0.2, 0.25) is 0 Å². The van der Waals surface area contributed by atoms with Gasteiger partial charge in [-0.2, -0.15) is 5.26 Å². The van der Waals surface area contributed by atoms with Crippen LogP contribution < -0.4 is 0 Å². The normalized spacial score (nSPS) is 25.5. The molecule has 0 saturated carbocycles. The Bertz CT molecular complexity index is 409. The lowest BCUT2D eigenvalue weighted by atomic mass is 9.91. The quantitative estimate of drug-likeness (QED) is 0.778. The zero-order valence-corrected chi connectivity index (χ0v) is 10.7. The summed E-state index contributed by atoms with van der Waals surface area (Å²) in [6.07, 6.45) is 1.33. The molecule has 2 unspecified atom stereocenters. The molecule has 0 amide bonds. The van der Waals surface area contributed by atoms with Gasteiger partial charge in [-0.1, -0.05) is 32.0 Å². The molecule has 0 N–H and O–H groups in total. The molecule has 1 aromatic carbocycles. The smallest absolute Gasteiger partial charge is 0.0995 e. The fourth-order valence-electron chi connectivity index (χ4n) is 2.93. The van der Waals surface area contributed by atoms with Gasteiger partial charge in [0, 0.05) is 19.6 Å². The molecular weight excluding hydrogens is 208 g/mol. The van der Waals surface area contributed by atoms with Gasteiger partial charge in [0.15, 0.2) is 0 Å². The molecule has 1 aromatic rings. The van der Waals surface area contributed by atoms with E-state index in [4.69, 9.17) is 5.26 Å². The van der Waals surface area contributed by atoms with Gasteiger partial charge in [-0.05, 0) is 29.9 Å². The number of likely N-dealkylation sites (tertiary alicyclic amines) is 1. The van der Waals surface area contributed by atoms with Crippen LogP contribution in [-0.4, -0.2) is 18.0 Å². The van der Waals surface area contributed by atoms with Crippen LogP contribution in [0.3, 0.4) is 0 Å². The SMILES string of the molecule is CC1CC(C)CN(Cc2ccccc2C#N)C1. The Kier molecular flexibility index (Phi) is 3.81. The molecule has 0 spiro atoms. The van der Waals surface area contributed by atoms with Gasteiger partial charge in [0.2, 0.25) is 0 Å². The monoisotopic (exact) mass is 228 g/mol. The Morgan fingerprint density at radius 3 is 2.53 bits per heavy atom. The highest BCUT2D eigenvalue weighted by atomic mass is 15.1. The fraction of sp³-hybridized carbons (Fsp3) is 0.533. The second-order valence-corrected chi connectivity index (χ2v) is 5.41. The first-order chi connectivity index (χ1) is 8.19. The molecule has 2 atom stereocenters.